The third-order valence-corrected chi connectivity index (χ3v) is 8.62. The number of Topliss-reactive ketones (excluding diaryl/α,β-unsaturated/α-hetero) is 1. The van der Waals surface area contributed by atoms with Crippen LogP contribution in [0.5, 0.6) is 0 Å². The van der Waals surface area contributed by atoms with E-state index in [1.165, 1.54) is 25.7 Å². The summed E-state index contributed by atoms with van der Waals surface area (Å²) in [6.07, 6.45) is 10.4. The molecule has 4 saturated carbocycles. The highest BCUT2D eigenvalue weighted by Crippen LogP contribution is 2.65. The SMILES string of the molecule is C[C@]12CC[C@@H](NN=[N-])C[C@@H]1CC[C@H]1[C@H]3CCC(=O)[C@@]3(C)CC[C@@H]12. The summed E-state index contributed by atoms with van der Waals surface area (Å²) in [7, 11) is 0. The molecule has 4 fully saturated rings. The largest absolute Gasteiger partial charge is 0.411 e. The fourth-order valence-electron chi connectivity index (χ4n) is 7.23. The first kappa shape index (κ1) is 15.6. The predicted molar refractivity (Wildman–Crippen MR) is 89.4 cm³/mol. The van der Waals surface area contributed by atoms with Crippen molar-refractivity contribution in [2.75, 3.05) is 0 Å². The quantitative estimate of drug-likeness (QED) is 0.602. The maximum atomic E-state index is 12.4. The highest BCUT2D eigenvalue weighted by Gasteiger charge is 2.59. The molecule has 4 rings (SSSR count). The van der Waals surface area contributed by atoms with Gasteiger partial charge in [-0.3, -0.25) is 10.0 Å². The first-order chi connectivity index (χ1) is 11.0. The van der Waals surface area contributed by atoms with Crippen molar-refractivity contribution in [2.24, 2.45) is 39.7 Å². The number of carbonyl (C=O) groups is 1. The Bertz CT molecular complexity index is 521. The Morgan fingerprint density at radius 3 is 2.70 bits per heavy atom. The number of hydrogen-bond acceptors (Lipinski definition) is 2. The van der Waals surface area contributed by atoms with Crippen molar-refractivity contribution in [3.8, 4) is 0 Å². The van der Waals surface area contributed by atoms with E-state index < -0.39 is 0 Å². The molecule has 0 bridgehead atoms. The van der Waals surface area contributed by atoms with Crippen LogP contribution in [-0.2, 0) is 4.79 Å². The number of carbonyl (C=O) groups excluding carboxylic acids is 1. The molecule has 23 heavy (non-hydrogen) atoms. The van der Waals surface area contributed by atoms with Gasteiger partial charge in [0.2, 0.25) is 0 Å². The Labute approximate surface area is 139 Å². The van der Waals surface area contributed by atoms with Crippen molar-refractivity contribution < 1.29 is 4.79 Å². The third-order valence-electron chi connectivity index (χ3n) is 8.62. The number of hydrogen-bond donors (Lipinski definition) is 1. The molecule has 0 radical (unpaired) electrons. The second-order valence-electron chi connectivity index (χ2n) is 9.28. The van der Waals surface area contributed by atoms with Crippen LogP contribution in [0, 0.1) is 34.5 Å². The van der Waals surface area contributed by atoms with Gasteiger partial charge in [-0.25, -0.2) is 0 Å². The van der Waals surface area contributed by atoms with Crippen LogP contribution >= 0.6 is 0 Å². The van der Waals surface area contributed by atoms with E-state index in [4.69, 9.17) is 5.53 Å². The van der Waals surface area contributed by atoms with Crippen molar-refractivity contribution in [1.29, 1.82) is 0 Å². The predicted octanol–water partition coefficient (Wildman–Crippen LogP) is 4.49. The van der Waals surface area contributed by atoms with Gasteiger partial charge in [0.05, 0.1) is 0 Å². The second-order valence-corrected chi connectivity index (χ2v) is 9.28. The van der Waals surface area contributed by atoms with Crippen LogP contribution in [0.15, 0.2) is 5.22 Å². The second kappa shape index (κ2) is 5.29. The van der Waals surface area contributed by atoms with Gasteiger partial charge in [0.15, 0.2) is 0 Å². The zero-order valence-corrected chi connectivity index (χ0v) is 14.6. The van der Waals surface area contributed by atoms with Crippen LogP contribution < -0.4 is 5.43 Å². The lowest BCUT2D eigenvalue weighted by Gasteiger charge is -2.60. The van der Waals surface area contributed by atoms with Crippen molar-refractivity contribution in [2.45, 2.75) is 77.7 Å². The lowest BCUT2D eigenvalue weighted by Crippen LogP contribution is -2.54. The maximum Gasteiger partial charge on any atom is 0.139 e. The van der Waals surface area contributed by atoms with Crippen LogP contribution in [0.2, 0.25) is 0 Å². The van der Waals surface area contributed by atoms with Gasteiger partial charge in [0.1, 0.15) is 5.78 Å². The highest BCUT2D eigenvalue weighted by atomic mass is 16.1. The zero-order valence-electron chi connectivity index (χ0n) is 14.6. The molecule has 0 aliphatic heterocycles. The zero-order chi connectivity index (χ0) is 16.2. The number of fused-ring (bicyclic) bond motifs is 5. The minimum atomic E-state index is -0.00110. The minimum absolute atomic E-state index is 0.00110. The molecule has 0 amide bonds. The first-order valence-corrected chi connectivity index (χ1v) is 9.62. The number of rotatable bonds is 2. The molecular formula is C19H30N3O-. The fraction of sp³-hybridized carbons (Fsp3) is 0.947. The van der Waals surface area contributed by atoms with E-state index in [1.807, 2.05) is 0 Å². The lowest BCUT2D eigenvalue weighted by atomic mass is 9.45. The van der Waals surface area contributed by atoms with Crippen LogP contribution in [0.25, 0.3) is 5.53 Å². The number of ketones is 1. The molecular weight excluding hydrogens is 286 g/mol. The van der Waals surface area contributed by atoms with Gasteiger partial charge in [-0.05, 0) is 86.5 Å². The van der Waals surface area contributed by atoms with E-state index in [0.717, 1.165) is 49.9 Å². The van der Waals surface area contributed by atoms with Crippen LogP contribution in [-0.4, -0.2) is 11.8 Å². The van der Waals surface area contributed by atoms with Gasteiger partial charge < -0.3 is 11.0 Å². The molecule has 0 heterocycles. The molecule has 7 atom stereocenters. The molecule has 0 aromatic carbocycles. The lowest BCUT2D eigenvalue weighted by molar-refractivity contribution is -0.139. The average molecular weight is 316 g/mol. The molecule has 0 aromatic heterocycles. The van der Waals surface area contributed by atoms with E-state index in [0.29, 0.717) is 23.2 Å². The van der Waals surface area contributed by atoms with E-state index in [-0.39, 0.29) is 5.41 Å². The van der Waals surface area contributed by atoms with E-state index in [2.05, 4.69) is 24.5 Å². The van der Waals surface area contributed by atoms with Gasteiger partial charge in [-0.1, -0.05) is 13.8 Å². The molecule has 0 spiro atoms. The third kappa shape index (κ3) is 2.12. The Kier molecular flexibility index (Phi) is 3.58. The summed E-state index contributed by atoms with van der Waals surface area (Å²) in [4.78, 5) is 12.4. The Morgan fingerprint density at radius 1 is 1.09 bits per heavy atom. The van der Waals surface area contributed by atoms with Crippen molar-refractivity contribution in [3.05, 3.63) is 5.53 Å². The molecule has 0 aromatic rings. The van der Waals surface area contributed by atoms with Gasteiger partial charge in [-0.15, -0.1) is 0 Å². The number of nitrogens with one attached hydrogen (secondary N) is 1. The van der Waals surface area contributed by atoms with Gasteiger partial charge >= 0.3 is 0 Å². The van der Waals surface area contributed by atoms with Crippen molar-refractivity contribution >= 4 is 5.78 Å². The van der Waals surface area contributed by atoms with Crippen LogP contribution in [0.3, 0.4) is 0 Å². The summed E-state index contributed by atoms with van der Waals surface area (Å²) < 4.78 is 0. The minimum Gasteiger partial charge on any atom is -0.411 e. The normalized spacial score (nSPS) is 52.3. The Hall–Kier alpha value is -0.930. The van der Waals surface area contributed by atoms with Gasteiger partial charge in [-0.2, -0.15) is 0 Å². The van der Waals surface area contributed by atoms with Crippen molar-refractivity contribution in [1.82, 2.24) is 5.43 Å². The molecule has 4 aliphatic carbocycles. The Morgan fingerprint density at radius 2 is 1.91 bits per heavy atom. The van der Waals surface area contributed by atoms with Gasteiger partial charge in [0.25, 0.3) is 0 Å². The van der Waals surface area contributed by atoms with Gasteiger partial charge in [0, 0.05) is 11.8 Å². The summed E-state index contributed by atoms with van der Waals surface area (Å²) in [5.74, 6) is 3.52. The first-order valence-electron chi connectivity index (χ1n) is 9.62. The molecule has 4 aliphatic rings. The molecule has 0 saturated heterocycles. The Balaban J connectivity index is 1.57. The maximum absolute atomic E-state index is 12.4. The molecule has 1 N–H and O–H groups in total. The summed E-state index contributed by atoms with van der Waals surface area (Å²) >= 11 is 0. The topological polar surface area (TPSA) is 63.8 Å². The summed E-state index contributed by atoms with van der Waals surface area (Å²) in [6, 6.07) is 0.344. The highest BCUT2D eigenvalue weighted by molar-refractivity contribution is 5.87. The summed E-state index contributed by atoms with van der Waals surface area (Å²) in [5.41, 5.74) is 12.1. The summed E-state index contributed by atoms with van der Waals surface area (Å²) in [5, 5.41) is 3.17. The molecule has 4 nitrogen and oxygen atoms in total. The average Bonchev–Trinajstić information content (AvgIpc) is 2.84. The van der Waals surface area contributed by atoms with E-state index in [1.54, 1.807) is 0 Å². The van der Waals surface area contributed by atoms with E-state index in [9.17, 15) is 4.79 Å². The molecule has 128 valence electrons. The number of nitrogens with zero attached hydrogens (tertiary/aromatic N) is 2. The molecule has 0 unspecified atom stereocenters. The van der Waals surface area contributed by atoms with Crippen molar-refractivity contribution in [3.63, 3.8) is 0 Å². The standard InChI is InChI=1S/C19H30N3O/c1-18-9-7-13(21-22-20)11-12(18)3-4-14-15-5-6-17(23)19(15,2)10-8-16(14)18/h12-16H,3-11H2,1-2H3,(H-,20,21)/q-1/t12-,13+,14-,15+,16-,18-,19-/m0/s1. The van der Waals surface area contributed by atoms with Crippen LogP contribution in [0.1, 0.15) is 71.6 Å². The smallest absolute Gasteiger partial charge is 0.139 e. The summed E-state index contributed by atoms with van der Waals surface area (Å²) in [6.45, 7) is 4.79. The molecule has 4 heteroatoms. The van der Waals surface area contributed by atoms with Crippen LogP contribution in [0.4, 0.5) is 0 Å². The monoisotopic (exact) mass is 316 g/mol. The fourth-order valence-corrected chi connectivity index (χ4v) is 7.23. The van der Waals surface area contributed by atoms with E-state index >= 15 is 0 Å².